The molecule has 3 rings (SSSR count). The third-order valence-corrected chi connectivity index (χ3v) is 5.34. The van der Waals surface area contributed by atoms with Gasteiger partial charge in [0.15, 0.2) is 0 Å². The third kappa shape index (κ3) is 4.15. The smallest absolute Gasteiger partial charge is 0.222 e. The van der Waals surface area contributed by atoms with Gasteiger partial charge in [-0.1, -0.05) is 13.8 Å². The van der Waals surface area contributed by atoms with Crippen molar-refractivity contribution in [1.29, 1.82) is 0 Å². The number of imidazole rings is 1. The van der Waals surface area contributed by atoms with Gasteiger partial charge in [-0.15, -0.1) is 0 Å². The Balaban J connectivity index is 1.46. The summed E-state index contributed by atoms with van der Waals surface area (Å²) in [6.45, 7) is 9.42. The molecular formula is C19H31N3O. The number of likely N-dealkylation sites (tertiary alicyclic amines) is 1. The van der Waals surface area contributed by atoms with Gasteiger partial charge in [-0.3, -0.25) is 4.79 Å². The van der Waals surface area contributed by atoms with Crippen LogP contribution in [-0.2, 0) is 11.3 Å². The molecule has 128 valence electrons. The fraction of sp³-hybridized carbons (Fsp3) is 0.789. The van der Waals surface area contributed by atoms with Crippen LogP contribution in [0.1, 0.15) is 69.8 Å². The highest BCUT2D eigenvalue weighted by atomic mass is 16.2. The first-order valence-corrected chi connectivity index (χ1v) is 9.34. The third-order valence-electron chi connectivity index (χ3n) is 5.34. The van der Waals surface area contributed by atoms with E-state index in [4.69, 9.17) is 0 Å². The van der Waals surface area contributed by atoms with E-state index in [0.717, 1.165) is 44.3 Å². The van der Waals surface area contributed by atoms with Gasteiger partial charge in [0, 0.05) is 43.9 Å². The molecule has 2 heterocycles. The molecule has 1 aliphatic carbocycles. The van der Waals surface area contributed by atoms with Gasteiger partial charge < -0.3 is 9.47 Å². The van der Waals surface area contributed by atoms with Gasteiger partial charge >= 0.3 is 0 Å². The van der Waals surface area contributed by atoms with Crippen molar-refractivity contribution in [2.75, 3.05) is 13.1 Å². The average molecular weight is 317 g/mol. The molecule has 2 fully saturated rings. The van der Waals surface area contributed by atoms with Crippen LogP contribution in [0.25, 0.3) is 0 Å². The van der Waals surface area contributed by atoms with Gasteiger partial charge in [0.1, 0.15) is 5.82 Å². The zero-order valence-corrected chi connectivity index (χ0v) is 14.9. The molecule has 1 saturated heterocycles. The number of hydrogen-bond donors (Lipinski definition) is 0. The highest BCUT2D eigenvalue weighted by Gasteiger charge is 2.29. The van der Waals surface area contributed by atoms with Crippen LogP contribution in [0, 0.1) is 18.8 Å². The first-order valence-electron chi connectivity index (χ1n) is 9.34. The SMILES string of the molecule is Cc1cnc(C2CC2)n1CCC1CCN(C(=O)CC(C)C)CC1. The minimum absolute atomic E-state index is 0.347. The lowest BCUT2D eigenvalue weighted by Crippen LogP contribution is -2.39. The summed E-state index contributed by atoms with van der Waals surface area (Å²) in [4.78, 5) is 18.8. The number of amides is 1. The number of aromatic nitrogens is 2. The zero-order valence-electron chi connectivity index (χ0n) is 14.9. The summed E-state index contributed by atoms with van der Waals surface area (Å²) >= 11 is 0. The van der Waals surface area contributed by atoms with Crippen molar-refractivity contribution in [2.45, 2.75) is 71.8 Å². The Morgan fingerprint density at radius 1 is 1.26 bits per heavy atom. The Kier molecular flexibility index (Phi) is 5.08. The Morgan fingerprint density at radius 2 is 1.96 bits per heavy atom. The summed E-state index contributed by atoms with van der Waals surface area (Å²) in [5, 5.41) is 0. The van der Waals surface area contributed by atoms with Crippen LogP contribution in [0.3, 0.4) is 0 Å². The van der Waals surface area contributed by atoms with E-state index in [9.17, 15) is 4.79 Å². The van der Waals surface area contributed by atoms with Crippen molar-refractivity contribution in [3.8, 4) is 0 Å². The van der Waals surface area contributed by atoms with E-state index in [1.807, 2.05) is 6.20 Å². The van der Waals surface area contributed by atoms with Gasteiger partial charge in [0.25, 0.3) is 0 Å². The second-order valence-electron chi connectivity index (χ2n) is 7.89. The first kappa shape index (κ1) is 16.5. The molecule has 23 heavy (non-hydrogen) atoms. The second kappa shape index (κ2) is 7.06. The molecule has 0 atom stereocenters. The van der Waals surface area contributed by atoms with Crippen LogP contribution in [-0.4, -0.2) is 33.4 Å². The van der Waals surface area contributed by atoms with Crippen LogP contribution in [0.5, 0.6) is 0 Å². The number of hydrogen-bond acceptors (Lipinski definition) is 2. The van der Waals surface area contributed by atoms with Gasteiger partial charge in [-0.2, -0.15) is 0 Å². The van der Waals surface area contributed by atoms with Gasteiger partial charge in [0.2, 0.25) is 5.91 Å². The molecular weight excluding hydrogens is 286 g/mol. The van der Waals surface area contributed by atoms with E-state index < -0.39 is 0 Å². The fourth-order valence-corrected chi connectivity index (χ4v) is 3.70. The van der Waals surface area contributed by atoms with Crippen LogP contribution in [0.15, 0.2) is 6.20 Å². The van der Waals surface area contributed by atoms with Crippen molar-refractivity contribution >= 4 is 5.91 Å². The minimum Gasteiger partial charge on any atom is -0.343 e. The van der Waals surface area contributed by atoms with Gasteiger partial charge in [0.05, 0.1) is 0 Å². The van der Waals surface area contributed by atoms with Crippen LogP contribution in [0.4, 0.5) is 0 Å². The van der Waals surface area contributed by atoms with E-state index in [-0.39, 0.29) is 0 Å². The van der Waals surface area contributed by atoms with Crippen molar-refractivity contribution < 1.29 is 4.79 Å². The summed E-state index contributed by atoms with van der Waals surface area (Å²) in [6, 6.07) is 0. The van der Waals surface area contributed by atoms with E-state index in [1.165, 1.54) is 30.8 Å². The monoisotopic (exact) mass is 317 g/mol. The quantitative estimate of drug-likeness (QED) is 0.801. The number of nitrogens with zero attached hydrogens (tertiary/aromatic N) is 3. The molecule has 0 N–H and O–H groups in total. The predicted octanol–water partition coefficient (Wildman–Crippen LogP) is 3.74. The number of piperidine rings is 1. The Hall–Kier alpha value is -1.32. The summed E-state index contributed by atoms with van der Waals surface area (Å²) < 4.78 is 2.44. The molecule has 4 heteroatoms. The maximum Gasteiger partial charge on any atom is 0.222 e. The standard InChI is InChI=1S/C19H31N3O/c1-14(2)12-18(23)21-9-6-16(7-10-21)8-11-22-15(3)13-20-19(22)17-4-5-17/h13-14,16-17H,4-12H2,1-3H3. The lowest BCUT2D eigenvalue weighted by molar-refractivity contribution is -0.133. The van der Waals surface area contributed by atoms with Crippen LogP contribution < -0.4 is 0 Å². The highest BCUT2D eigenvalue weighted by Crippen LogP contribution is 2.39. The Morgan fingerprint density at radius 3 is 2.57 bits per heavy atom. The van der Waals surface area contributed by atoms with E-state index in [0.29, 0.717) is 18.2 Å². The van der Waals surface area contributed by atoms with E-state index >= 15 is 0 Å². The molecule has 0 spiro atoms. The van der Waals surface area contributed by atoms with Crippen LogP contribution in [0.2, 0.25) is 0 Å². The molecule has 0 bridgehead atoms. The van der Waals surface area contributed by atoms with Crippen molar-refractivity contribution in [3.63, 3.8) is 0 Å². The molecule has 1 aliphatic heterocycles. The summed E-state index contributed by atoms with van der Waals surface area (Å²) in [5.41, 5.74) is 1.30. The summed E-state index contributed by atoms with van der Waals surface area (Å²) in [6.07, 6.45) is 8.90. The Labute approximate surface area is 140 Å². The highest BCUT2D eigenvalue weighted by molar-refractivity contribution is 5.76. The van der Waals surface area contributed by atoms with Crippen molar-refractivity contribution in [2.24, 2.45) is 11.8 Å². The number of carbonyl (C=O) groups is 1. The molecule has 0 radical (unpaired) electrons. The summed E-state index contributed by atoms with van der Waals surface area (Å²) in [7, 11) is 0. The van der Waals surface area contributed by atoms with Gasteiger partial charge in [-0.05, 0) is 50.9 Å². The lowest BCUT2D eigenvalue weighted by Gasteiger charge is -2.32. The molecule has 0 unspecified atom stereocenters. The molecule has 0 aromatic carbocycles. The zero-order chi connectivity index (χ0) is 16.4. The predicted molar refractivity (Wildman–Crippen MR) is 92.3 cm³/mol. The largest absolute Gasteiger partial charge is 0.343 e. The maximum absolute atomic E-state index is 12.1. The molecule has 1 aromatic heterocycles. The normalized spacial score (nSPS) is 19.6. The first-order chi connectivity index (χ1) is 11.0. The topological polar surface area (TPSA) is 38.1 Å². The molecule has 1 saturated carbocycles. The number of aryl methyl sites for hydroxylation is 1. The molecule has 4 nitrogen and oxygen atoms in total. The summed E-state index contributed by atoms with van der Waals surface area (Å²) in [5.74, 6) is 3.60. The van der Waals surface area contributed by atoms with Crippen molar-refractivity contribution in [3.05, 3.63) is 17.7 Å². The number of rotatable bonds is 6. The van der Waals surface area contributed by atoms with Crippen molar-refractivity contribution in [1.82, 2.24) is 14.5 Å². The number of carbonyl (C=O) groups excluding carboxylic acids is 1. The fourth-order valence-electron chi connectivity index (χ4n) is 3.70. The van der Waals surface area contributed by atoms with E-state index in [1.54, 1.807) is 0 Å². The maximum atomic E-state index is 12.1. The second-order valence-corrected chi connectivity index (χ2v) is 7.89. The molecule has 2 aliphatic rings. The Bertz CT molecular complexity index is 537. The molecule has 1 aromatic rings. The average Bonchev–Trinajstić information content (AvgIpc) is 3.29. The lowest BCUT2D eigenvalue weighted by atomic mass is 9.93. The van der Waals surface area contributed by atoms with Crippen LogP contribution >= 0.6 is 0 Å². The van der Waals surface area contributed by atoms with Gasteiger partial charge in [-0.25, -0.2) is 4.98 Å². The molecule has 1 amide bonds. The minimum atomic E-state index is 0.347. The van der Waals surface area contributed by atoms with E-state index in [2.05, 4.69) is 35.2 Å².